The maximum Gasteiger partial charge on any atom is 0.0267 e. The van der Waals surface area contributed by atoms with Crippen molar-refractivity contribution in [2.45, 2.75) is 40.5 Å². The summed E-state index contributed by atoms with van der Waals surface area (Å²) in [5.74, 6) is 4.39. The molecule has 0 aromatic carbocycles. The number of nitrogens with zero attached hydrogens (tertiary/aromatic N) is 1. The summed E-state index contributed by atoms with van der Waals surface area (Å²) in [4.78, 5) is 3.78. The van der Waals surface area contributed by atoms with Crippen LogP contribution in [-0.4, -0.2) is 11.5 Å². The van der Waals surface area contributed by atoms with E-state index in [1.165, 1.54) is 24.3 Å². The Balaban J connectivity index is 0. The van der Waals surface area contributed by atoms with Crippen molar-refractivity contribution in [3.05, 3.63) is 43.8 Å². The van der Waals surface area contributed by atoms with Gasteiger partial charge >= 0.3 is 27.5 Å². The van der Waals surface area contributed by atoms with E-state index in [-0.39, 0.29) is 7.43 Å². The van der Waals surface area contributed by atoms with Crippen molar-refractivity contribution in [2.75, 3.05) is 6.54 Å². The number of aromatic nitrogens is 1. The van der Waals surface area contributed by atoms with Gasteiger partial charge in [0.15, 0.2) is 0 Å². The molecule has 0 bridgehead atoms. The normalized spacial score (nSPS) is 29.3. The minimum atomic E-state index is 0. The summed E-state index contributed by atoms with van der Waals surface area (Å²) in [6.07, 6.45) is 5.87. The molecule has 1 N–H and O–H groups in total. The van der Waals surface area contributed by atoms with E-state index in [2.05, 4.69) is 42.3 Å². The number of hydrogen-bond acceptors (Lipinski definition) is 1. The quantitative estimate of drug-likeness (QED) is 0.451. The third kappa shape index (κ3) is 8.06. The Kier molecular flexibility index (Phi) is 16.2. The second-order valence-corrected chi connectivity index (χ2v) is 6.02. The molecule has 0 amide bonds. The van der Waals surface area contributed by atoms with Crippen LogP contribution >= 0.6 is 9.58 Å². The molecule has 1 aliphatic carbocycles. The van der Waals surface area contributed by atoms with E-state index in [1.54, 1.807) is 12.4 Å². The molecule has 22 heavy (non-hydrogen) atoms. The SMILES string of the molecule is CC1C(C)C(C)C(CCC[NH-])C1C.[CH3-].[Cl][Ir+2].c1ccncc1. The molecule has 0 spiro atoms. The molecule has 0 radical (unpaired) electrons. The molecule has 1 fully saturated rings. The number of halogens is 1. The molecular weight excluding hydrogens is 472 g/mol. The zero-order valence-electron chi connectivity index (χ0n) is 14.6. The molecule has 2 nitrogen and oxygen atoms in total. The van der Waals surface area contributed by atoms with Crippen LogP contribution in [0, 0.1) is 37.0 Å². The molecule has 130 valence electrons. The van der Waals surface area contributed by atoms with E-state index in [4.69, 9.17) is 5.73 Å². The summed E-state index contributed by atoms with van der Waals surface area (Å²) >= 11 is 1.47. The number of rotatable bonds is 3. The average molecular weight is 504 g/mol. The van der Waals surface area contributed by atoms with Gasteiger partial charge in [-0.05, 0) is 41.7 Å². The van der Waals surface area contributed by atoms with Gasteiger partial charge in [-0.25, -0.2) is 0 Å². The molecule has 2 rings (SSSR count). The fourth-order valence-electron chi connectivity index (χ4n) is 3.39. The molecule has 1 aromatic rings. The first kappa shape index (κ1) is 24.3. The molecule has 1 heterocycles. The van der Waals surface area contributed by atoms with Gasteiger partial charge in [0.1, 0.15) is 0 Å². The van der Waals surface area contributed by atoms with Crippen LogP contribution < -0.4 is 0 Å². The predicted molar refractivity (Wildman–Crippen MR) is 95.1 cm³/mol. The molecule has 1 saturated carbocycles. The van der Waals surface area contributed by atoms with Crippen LogP contribution in [-0.2, 0) is 17.9 Å². The van der Waals surface area contributed by atoms with Gasteiger partial charge in [-0.2, -0.15) is 6.54 Å². The van der Waals surface area contributed by atoms with Crippen LogP contribution in [0.5, 0.6) is 0 Å². The van der Waals surface area contributed by atoms with E-state index in [1.807, 2.05) is 18.2 Å². The Morgan fingerprint density at radius 3 is 1.64 bits per heavy atom. The van der Waals surface area contributed by atoms with Gasteiger partial charge in [-0.3, -0.25) is 4.98 Å². The minimum Gasteiger partial charge on any atom is -0.265 e. The largest absolute Gasteiger partial charge is 0.265 e. The Labute approximate surface area is 152 Å². The van der Waals surface area contributed by atoms with Crippen molar-refractivity contribution in [1.29, 1.82) is 0 Å². The maximum absolute atomic E-state index is 7.20. The van der Waals surface area contributed by atoms with Gasteiger partial charge in [0, 0.05) is 12.4 Å². The Morgan fingerprint density at radius 2 is 1.36 bits per heavy atom. The fourth-order valence-corrected chi connectivity index (χ4v) is 3.39. The van der Waals surface area contributed by atoms with Gasteiger partial charge in [0.25, 0.3) is 0 Å². The molecule has 1 aliphatic rings. The third-order valence-electron chi connectivity index (χ3n) is 5.12. The van der Waals surface area contributed by atoms with Crippen molar-refractivity contribution in [2.24, 2.45) is 29.6 Å². The molecule has 0 aliphatic heterocycles. The summed E-state index contributed by atoms with van der Waals surface area (Å²) < 4.78 is 0. The van der Waals surface area contributed by atoms with Crippen molar-refractivity contribution < 1.29 is 17.9 Å². The molecule has 4 unspecified atom stereocenters. The topological polar surface area (TPSA) is 36.7 Å². The van der Waals surface area contributed by atoms with E-state index >= 15 is 0 Å². The Hall–Kier alpha value is 0.0494. The molecule has 0 saturated heterocycles. The van der Waals surface area contributed by atoms with Gasteiger partial charge in [-0.1, -0.05) is 46.6 Å². The van der Waals surface area contributed by atoms with E-state index in [0.717, 1.165) is 36.0 Å². The van der Waals surface area contributed by atoms with Gasteiger partial charge in [0.05, 0.1) is 0 Å². The standard InChI is InChI=1S/C12H24N.C5H5N.CH3.ClH.Ir/c1-8-9(2)11(4)12(10(8)3)6-5-7-13;1-2-4-6-5-3-1;;;/h8-13H,5-7H2,1-4H3;1-5H;1H3;1H;/q-1;;-1;;+3/p-1. The summed E-state index contributed by atoms with van der Waals surface area (Å²) in [6.45, 7) is 10.2. The first-order valence-corrected chi connectivity index (χ1v) is 10.7. The summed E-state index contributed by atoms with van der Waals surface area (Å²) in [5.41, 5.74) is 7.20. The smallest absolute Gasteiger partial charge is 0.0267 e. The van der Waals surface area contributed by atoms with Crippen LogP contribution in [0.15, 0.2) is 30.6 Å². The van der Waals surface area contributed by atoms with E-state index in [0.29, 0.717) is 6.54 Å². The molecule has 1 aromatic heterocycles. The monoisotopic (exact) mass is 504 g/mol. The van der Waals surface area contributed by atoms with Crippen LogP contribution in [0.3, 0.4) is 0 Å². The third-order valence-corrected chi connectivity index (χ3v) is 5.12. The first-order valence-electron chi connectivity index (χ1n) is 7.71. The molecule has 4 heteroatoms. The van der Waals surface area contributed by atoms with Gasteiger partial charge in [-0.15, -0.1) is 0 Å². The maximum atomic E-state index is 7.20. The zero-order valence-corrected chi connectivity index (χ0v) is 17.7. The Morgan fingerprint density at radius 1 is 0.909 bits per heavy atom. The number of hydrogen-bond donors (Lipinski definition) is 0. The van der Waals surface area contributed by atoms with E-state index < -0.39 is 0 Å². The second-order valence-electron chi connectivity index (χ2n) is 6.02. The Bertz CT molecular complexity index is 296. The van der Waals surface area contributed by atoms with Crippen molar-refractivity contribution >= 4 is 9.58 Å². The van der Waals surface area contributed by atoms with Gasteiger partial charge < -0.3 is 13.2 Å². The molecular formula is C18H32ClIrN2. The molecule has 4 atom stereocenters. The first-order chi connectivity index (χ1) is 10.1. The van der Waals surface area contributed by atoms with Crippen molar-refractivity contribution in [1.82, 2.24) is 4.98 Å². The van der Waals surface area contributed by atoms with E-state index in [9.17, 15) is 0 Å². The fraction of sp³-hybridized carbons (Fsp3) is 0.667. The summed E-state index contributed by atoms with van der Waals surface area (Å²) in [7, 11) is 4.64. The minimum absolute atomic E-state index is 0. The summed E-state index contributed by atoms with van der Waals surface area (Å²) in [5, 5.41) is 0. The van der Waals surface area contributed by atoms with Crippen LogP contribution in [0.25, 0.3) is 5.73 Å². The number of nitrogens with one attached hydrogen (secondary N) is 1. The van der Waals surface area contributed by atoms with Crippen LogP contribution in [0.1, 0.15) is 40.5 Å². The van der Waals surface area contributed by atoms with Crippen molar-refractivity contribution in [3.63, 3.8) is 0 Å². The van der Waals surface area contributed by atoms with Crippen LogP contribution in [0.4, 0.5) is 0 Å². The van der Waals surface area contributed by atoms with Crippen molar-refractivity contribution in [3.8, 4) is 0 Å². The average Bonchev–Trinajstić information content (AvgIpc) is 2.74. The van der Waals surface area contributed by atoms with Gasteiger partial charge in [0.2, 0.25) is 0 Å². The zero-order chi connectivity index (χ0) is 16.3. The second kappa shape index (κ2) is 14.6. The van der Waals surface area contributed by atoms with Crippen LogP contribution in [0.2, 0.25) is 0 Å². The number of pyridine rings is 1. The summed E-state index contributed by atoms with van der Waals surface area (Å²) in [6, 6.07) is 5.72. The predicted octanol–water partition coefficient (Wildman–Crippen LogP) is 6.21.